The average Bonchev–Trinajstić information content (AvgIpc) is 3.27. The molecule has 2 amide bonds. The lowest BCUT2D eigenvalue weighted by molar-refractivity contribution is -0.384. The Morgan fingerprint density at radius 3 is 2.28 bits per heavy atom. The number of halogens is 1. The number of carbonyl (C=O) groups is 2. The third kappa shape index (κ3) is 12.8. The zero-order valence-electron chi connectivity index (χ0n) is 33.6. The monoisotopic (exact) mass is 885 g/mol. The first-order valence-electron chi connectivity index (χ1n) is 19.7. The van der Waals surface area contributed by atoms with Crippen LogP contribution < -0.4 is 20.4 Å². The number of hydrogen-bond acceptors (Lipinski definition) is 12. The van der Waals surface area contributed by atoms with Gasteiger partial charge in [0.15, 0.2) is 0 Å². The van der Waals surface area contributed by atoms with Gasteiger partial charge in [-0.1, -0.05) is 66.2 Å². The molecule has 1 aliphatic heterocycles. The molecule has 0 unspecified atom stereocenters. The number of nitro benzene ring substituents is 1. The highest BCUT2D eigenvalue weighted by molar-refractivity contribution is 7.99. The van der Waals surface area contributed by atoms with Crippen LogP contribution >= 0.6 is 23.4 Å². The molecule has 5 aromatic carbocycles. The summed E-state index contributed by atoms with van der Waals surface area (Å²) in [6.07, 6.45) is 0.620. The molecular formula is C44H48ClN7O7S2. The molecule has 1 aliphatic rings. The van der Waals surface area contributed by atoms with Crippen LogP contribution in [0.1, 0.15) is 28.8 Å². The molecule has 61 heavy (non-hydrogen) atoms. The highest BCUT2D eigenvalue weighted by Gasteiger charge is 2.26. The molecule has 1 heterocycles. The van der Waals surface area contributed by atoms with Crippen molar-refractivity contribution in [3.05, 3.63) is 148 Å². The Kier molecular flexibility index (Phi) is 15.8. The van der Waals surface area contributed by atoms with Crippen molar-refractivity contribution < 1.29 is 28.1 Å². The maximum Gasteiger partial charge on any atom is 0.293 e. The van der Waals surface area contributed by atoms with Crippen molar-refractivity contribution >= 4 is 62.3 Å². The Labute approximate surface area is 365 Å². The highest BCUT2D eigenvalue weighted by atomic mass is 35.5. The van der Waals surface area contributed by atoms with Crippen LogP contribution in [-0.4, -0.2) is 98.3 Å². The number of hydrogen-bond donors (Lipinski definition) is 4. The number of rotatable bonds is 19. The second-order valence-corrected chi connectivity index (χ2v) is 17.9. The average molecular weight is 886 g/mol. The van der Waals surface area contributed by atoms with E-state index in [1.54, 1.807) is 41.5 Å². The van der Waals surface area contributed by atoms with Crippen molar-refractivity contribution in [1.29, 1.82) is 0 Å². The number of benzene rings is 5. The SMILES string of the molecule is CN(CCC(=O)NO)CC[C@H](CSc1ccccc1)Nc1ccc(S(=O)(=O)NC(=O)c2ccc(N3CCN(Cc4ccccc4-c4ccc(Cl)cc4)CC3)cc2)cc1[N+](=O)[O-]. The number of hydroxylamine groups is 1. The second-order valence-electron chi connectivity index (χ2n) is 14.7. The highest BCUT2D eigenvalue weighted by Crippen LogP contribution is 2.31. The predicted octanol–water partition coefficient (Wildman–Crippen LogP) is 7.15. The summed E-state index contributed by atoms with van der Waals surface area (Å²) in [5, 5.41) is 25.0. The number of carbonyl (C=O) groups excluding carboxylic acids is 2. The fourth-order valence-electron chi connectivity index (χ4n) is 6.96. The zero-order valence-corrected chi connectivity index (χ0v) is 36.0. The van der Waals surface area contributed by atoms with Gasteiger partial charge in [0, 0.05) is 84.7 Å². The summed E-state index contributed by atoms with van der Waals surface area (Å²) in [6, 6.07) is 35.8. The molecule has 6 rings (SSSR count). The molecule has 1 saturated heterocycles. The van der Waals surface area contributed by atoms with Crippen LogP contribution in [0.25, 0.3) is 11.1 Å². The molecule has 0 radical (unpaired) electrons. The first-order chi connectivity index (χ1) is 29.4. The molecule has 4 N–H and O–H groups in total. The quantitative estimate of drug-likeness (QED) is 0.0286. The van der Waals surface area contributed by atoms with E-state index in [-0.39, 0.29) is 23.7 Å². The largest absolute Gasteiger partial charge is 0.376 e. The normalized spacial score (nSPS) is 13.7. The van der Waals surface area contributed by atoms with E-state index in [0.29, 0.717) is 30.3 Å². The standard InChI is InChI=1S/C44H48ClN7O7S2/c1-49(24-22-43(53)47-55)23-21-36(31-60-38-8-3-2-4-9-38)46-41-20-19-39(29-42(41)52(56)57)61(58,59)48-44(54)33-13-17-37(18-14-33)51-27-25-50(26-28-51)30-34-7-5-6-10-40(34)32-11-15-35(45)16-12-32/h2-20,29,36,46,55H,21-28,30-31H2,1H3,(H,47,53)(H,48,54)/t36-/m1/s1. The molecule has 0 aliphatic carbocycles. The van der Waals surface area contributed by atoms with Crippen LogP contribution in [0.4, 0.5) is 17.1 Å². The van der Waals surface area contributed by atoms with Crippen molar-refractivity contribution in [2.75, 3.05) is 62.3 Å². The minimum atomic E-state index is -4.49. The number of nitrogens with zero attached hydrogens (tertiary/aromatic N) is 4. The van der Waals surface area contributed by atoms with E-state index in [0.717, 1.165) is 54.9 Å². The van der Waals surface area contributed by atoms with Crippen molar-refractivity contribution in [2.45, 2.75) is 35.2 Å². The Hall–Kier alpha value is -5.49. The maximum atomic E-state index is 13.4. The molecule has 1 fully saturated rings. The molecule has 0 aromatic heterocycles. The van der Waals surface area contributed by atoms with Gasteiger partial charge in [-0.05, 0) is 97.4 Å². The van der Waals surface area contributed by atoms with E-state index in [4.69, 9.17) is 16.8 Å². The van der Waals surface area contributed by atoms with Crippen molar-refractivity contribution in [3.63, 3.8) is 0 Å². The summed E-state index contributed by atoms with van der Waals surface area (Å²) in [7, 11) is -2.67. The predicted molar refractivity (Wildman–Crippen MR) is 240 cm³/mol. The number of thioether (sulfide) groups is 1. The lowest BCUT2D eigenvalue weighted by Gasteiger charge is -2.36. The van der Waals surface area contributed by atoms with Gasteiger partial charge in [-0.15, -0.1) is 11.8 Å². The number of piperazine rings is 1. The van der Waals surface area contributed by atoms with Crippen molar-refractivity contribution in [1.82, 2.24) is 20.0 Å². The molecule has 5 aromatic rings. The van der Waals surface area contributed by atoms with Gasteiger partial charge in [-0.3, -0.25) is 29.8 Å². The summed E-state index contributed by atoms with van der Waals surface area (Å²) in [5.41, 5.74) is 5.81. The van der Waals surface area contributed by atoms with E-state index in [1.165, 1.54) is 23.3 Å². The van der Waals surface area contributed by atoms with E-state index in [2.05, 4.69) is 32.0 Å². The van der Waals surface area contributed by atoms with Crippen molar-refractivity contribution in [2.24, 2.45) is 0 Å². The third-order valence-electron chi connectivity index (χ3n) is 10.4. The van der Waals surface area contributed by atoms with Crippen LogP contribution in [0, 0.1) is 10.1 Å². The number of nitro groups is 1. The number of anilines is 2. The molecule has 1 atom stereocenters. The number of amides is 2. The van der Waals surface area contributed by atoms with Gasteiger partial charge in [0.1, 0.15) is 5.69 Å². The Bertz CT molecular complexity index is 2380. The Morgan fingerprint density at radius 1 is 0.902 bits per heavy atom. The van der Waals surface area contributed by atoms with Gasteiger partial charge >= 0.3 is 0 Å². The van der Waals surface area contributed by atoms with Gasteiger partial charge < -0.3 is 15.1 Å². The van der Waals surface area contributed by atoms with Crippen LogP contribution in [0.2, 0.25) is 5.02 Å². The fourth-order valence-corrected chi connectivity index (χ4v) is 9.07. The molecule has 0 spiro atoms. The lowest BCUT2D eigenvalue weighted by Crippen LogP contribution is -2.46. The summed E-state index contributed by atoms with van der Waals surface area (Å²) < 4.78 is 28.9. The Balaban J connectivity index is 1.06. The van der Waals surface area contributed by atoms with E-state index >= 15 is 0 Å². The molecule has 17 heteroatoms. The van der Waals surface area contributed by atoms with Crippen LogP contribution in [0.5, 0.6) is 0 Å². The van der Waals surface area contributed by atoms with E-state index in [1.807, 2.05) is 78.7 Å². The number of nitrogens with one attached hydrogen (secondary N) is 3. The molecular weight excluding hydrogens is 838 g/mol. The number of sulfonamides is 1. The van der Waals surface area contributed by atoms with E-state index in [9.17, 15) is 28.1 Å². The second kappa shape index (κ2) is 21.3. The molecule has 0 saturated carbocycles. The zero-order chi connectivity index (χ0) is 43.4. The fraction of sp³-hybridized carbons (Fsp3) is 0.273. The molecule has 0 bridgehead atoms. The van der Waals surface area contributed by atoms with Gasteiger partial charge in [0.25, 0.3) is 21.6 Å². The topological polar surface area (TPSA) is 177 Å². The van der Waals surface area contributed by atoms with Gasteiger partial charge in [-0.25, -0.2) is 18.6 Å². The first-order valence-corrected chi connectivity index (χ1v) is 22.6. The van der Waals surface area contributed by atoms with Crippen molar-refractivity contribution in [3.8, 4) is 11.1 Å². The molecule has 14 nitrogen and oxygen atoms in total. The molecule has 320 valence electrons. The summed E-state index contributed by atoms with van der Waals surface area (Å²) >= 11 is 7.67. The minimum absolute atomic E-state index is 0.0923. The minimum Gasteiger partial charge on any atom is -0.376 e. The smallest absolute Gasteiger partial charge is 0.293 e. The van der Waals surface area contributed by atoms with E-state index < -0.39 is 37.3 Å². The Morgan fingerprint density at radius 2 is 1.59 bits per heavy atom. The summed E-state index contributed by atoms with van der Waals surface area (Å²) in [6.45, 7) is 4.89. The van der Waals surface area contributed by atoms with Gasteiger partial charge in [0.05, 0.1) is 9.82 Å². The summed E-state index contributed by atoms with van der Waals surface area (Å²) in [4.78, 5) is 43.5. The maximum absolute atomic E-state index is 13.4. The van der Waals surface area contributed by atoms with Gasteiger partial charge in [-0.2, -0.15) is 0 Å². The van der Waals surface area contributed by atoms with Crippen LogP contribution in [-0.2, 0) is 21.4 Å². The lowest BCUT2D eigenvalue weighted by atomic mass is 9.99. The van der Waals surface area contributed by atoms with Crippen LogP contribution in [0.15, 0.2) is 131 Å². The third-order valence-corrected chi connectivity index (χ3v) is 13.2. The van der Waals surface area contributed by atoms with Crippen LogP contribution in [0.3, 0.4) is 0 Å². The summed E-state index contributed by atoms with van der Waals surface area (Å²) in [5.74, 6) is -0.844. The first kappa shape index (κ1) is 45.0. The van der Waals surface area contributed by atoms with Gasteiger partial charge in [0.2, 0.25) is 5.91 Å².